The number of rotatable bonds is 3. The minimum absolute atomic E-state index is 0.0570. The first-order valence-electron chi connectivity index (χ1n) is 7.75. The quantitative estimate of drug-likeness (QED) is 0.899. The summed E-state index contributed by atoms with van der Waals surface area (Å²) in [6.07, 6.45) is 5.94. The largest absolute Gasteiger partial charge is 0.326 e. The van der Waals surface area contributed by atoms with E-state index in [1.54, 1.807) is 0 Å². The Morgan fingerprint density at radius 1 is 1.15 bits per heavy atom. The van der Waals surface area contributed by atoms with Crippen LogP contribution in [0.15, 0.2) is 23.0 Å². The van der Waals surface area contributed by atoms with Gasteiger partial charge < -0.3 is 10.3 Å². The summed E-state index contributed by atoms with van der Waals surface area (Å²) in [7, 11) is 0. The Balaban J connectivity index is 1.63. The van der Waals surface area contributed by atoms with Gasteiger partial charge in [0.2, 0.25) is 0 Å². The van der Waals surface area contributed by atoms with E-state index in [1.807, 2.05) is 4.57 Å². The molecule has 0 amide bonds. The van der Waals surface area contributed by atoms with Gasteiger partial charge in [-0.15, -0.1) is 0 Å². The van der Waals surface area contributed by atoms with Gasteiger partial charge in [0.15, 0.2) is 0 Å². The first-order chi connectivity index (χ1) is 9.81. The van der Waals surface area contributed by atoms with E-state index in [-0.39, 0.29) is 5.69 Å². The lowest BCUT2D eigenvalue weighted by Gasteiger charge is -2.22. The zero-order valence-electron chi connectivity index (χ0n) is 11.7. The molecule has 1 aromatic carbocycles. The average Bonchev–Trinajstić information content (AvgIpc) is 3.23. The zero-order chi connectivity index (χ0) is 13.5. The number of piperidine rings is 1. The van der Waals surface area contributed by atoms with E-state index < -0.39 is 0 Å². The molecule has 0 unspecified atom stereocenters. The Morgan fingerprint density at radius 2 is 1.95 bits per heavy atom. The number of aromatic nitrogens is 2. The highest BCUT2D eigenvalue weighted by atomic mass is 16.1. The average molecular weight is 271 g/mol. The molecule has 2 fully saturated rings. The van der Waals surface area contributed by atoms with Crippen molar-refractivity contribution >= 4 is 11.0 Å². The second-order valence-corrected chi connectivity index (χ2v) is 6.28. The first kappa shape index (κ1) is 12.2. The van der Waals surface area contributed by atoms with Crippen molar-refractivity contribution in [1.82, 2.24) is 14.9 Å². The number of hydrogen-bond donors (Lipinski definition) is 2. The SMILES string of the molecule is O=c1[nH]c2cc(CC3CCNCC3)ccc2n1C1CC1. The maximum atomic E-state index is 12.0. The van der Waals surface area contributed by atoms with E-state index in [1.165, 1.54) is 18.4 Å². The number of hydrogen-bond acceptors (Lipinski definition) is 2. The standard InChI is InChI=1S/C16H21N3O/c20-16-18-14-10-12(9-11-5-7-17-8-6-11)1-4-15(14)19(16)13-2-3-13/h1,4,10-11,13,17H,2-3,5-9H2,(H,18,20). The molecule has 1 aromatic heterocycles. The number of nitrogens with zero attached hydrogens (tertiary/aromatic N) is 1. The third-order valence-corrected chi connectivity index (χ3v) is 4.68. The van der Waals surface area contributed by atoms with E-state index in [0.29, 0.717) is 6.04 Å². The number of fused-ring (bicyclic) bond motifs is 1. The summed E-state index contributed by atoms with van der Waals surface area (Å²) in [5.41, 5.74) is 3.50. The molecule has 0 atom stereocenters. The molecular formula is C16H21N3O. The van der Waals surface area contributed by atoms with E-state index in [9.17, 15) is 4.79 Å². The molecule has 1 saturated carbocycles. The van der Waals surface area contributed by atoms with Crippen molar-refractivity contribution in [3.05, 3.63) is 34.2 Å². The summed E-state index contributed by atoms with van der Waals surface area (Å²) in [5, 5.41) is 3.41. The molecule has 4 heteroatoms. The molecule has 4 rings (SSSR count). The summed E-state index contributed by atoms with van der Waals surface area (Å²) >= 11 is 0. The number of nitrogens with one attached hydrogen (secondary N) is 2. The van der Waals surface area contributed by atoms with Crippen LogP contribution in [0.3, 0.4) is 0 Å². The number of H-pyrrole nitrogens is 1. The van der Waals surface area contributed by atoms with Crippen molar-refractivity contribution in [1.29, 1.82) is 0 Å². The minimum Gasteiger partial charge on any atom is -0.317 e. The summed E-state index contributed by atoms with van der Waals surface area (Å²) in [4.78, 5) is 15.0. The predicted molar refractivity (Wildman–Crippen MR) is 80.1 cm³/mol. The molecule has 0 spiro atoms. The monoisotopic (exact) mass is 271 g/mol. The van der Waals surface area contributed by atoms with Crippen LogP contribution in [0.1, 0.15) is 37.3 Å². The van der Waals surface area contributed by atoms with Crippen molar-refractivity contribution in [2.75, 3.05) is 13.1 Å². The predicted octanol–water partition coefficient (Wildman–Crippen LogP) is 2.21. The lowest BCUT2D eigenvalue weighted by atomic mass is 9.91. The van der Waals surface area contributed by atoms with Crippen LogP contribution in [-0.2, 0) is 6.42 Å². The summed E-state index contributed by atoms with van der Waals surface area (Å²) in [6.45, 7) is 2.28. The zero-order valence-corrected chi connectivity index (χ0v) is 11.7. The lowest BCUT2D eigenvalue weighted by Crippen LogP contribution is -2.28. The third kappa shape index (κ3) is 2.18. The smallest absolute Gasteiger partial charge is 0.317 e. The molecule has 2 aliphatic rings. The summed E-state index contributed by atoms with van der Waals surface area (Å²) in [5.74, 6) is 0.783. The number of benzene rings is 1. The molecule has 1 saturated heterocycles. The van der Waals surface area contributed by atoms with E-state index in [4.69, 9.17) is 0 Å². The molecule has 0 bridgehead atoms. The molecule has 1 aliphatic carbocycles. The Bertz CT molecular complexity index is 675. The van der Waals surface area contributed by atoms with Crippen LogP contribution in [0.5, 0.6) is 0 Å². The molecule has 4 nitrogen and oxygen atoms in total. The van der Waals surface area contributed by atoms with Crippen molar-refractivity contribution in [2.24, 2.45) is 5.92 Å². The van der Waals surface area contributed by atoms with Gasteiger partial charge in [-0.25, -0.2) is 4.79 Å². The number of aromatic amines is 1. The molecular weight excluding hydrogens is 250 g/mol. The Labute approximate surface area is 118 Å². The van der Waals surface area contributed by atoms with Gasteiger partial charge in [0.05, 0.1) is 11.0 Å². The molecule has 2 aromatic rings. The van der Waals surface area contributed by atoms with E-state index in [0.717, 1.165) is 49.3 Å². The first-order valence-corrected chi connectivity index (χ1v) is 7.75. The van der Waals surface area contributed by atoms with E-state index in [2.05, 4.69) is 28.5 Å². The third-order valence-electron chi connectivity index (χ3n) is 4.68. The molecule has 2 heterocycles. The Kier molecular flexibility index (Phi) is 2.91. The van der Waals surface area contributed by atoms with Gasteiger partial charge in [-0.2, -0.15) is 0 Å². The molecule has 2 N–H and O–H groups in total. The normalized spacial score (nSPS) is 20.6. The topological polar surface area (TPSA) is 49.8 Å². The Morgan fingerprint density at radius 3 is 2.70 bits per heavy atom. The second kappa shape index (κ2) is 4.77. The van der Waals surface area contributed by atoms with Crippen molar-refractivity contribution < 1.29 is 0 Å². The maximum Gasteiger partial charge on any atom is 0.326 e. The van der Waals surface area contributed by atoms with Crippen LogP contribution in [0.4, 0.5) is 0 Å². The summed E-state index contributed by atoms with van der Waals surface area (Å²) < 4.78 is 1.93. The van der Waals surface area contributed by atoms with Crippen LogP contribution >= 0.6 is 0 Å². The van der Waals surface area contributed by atoms with E-state index >= 15 is 0 Å². The molecule has 0 radical (unpaired) electrons. The highest BCUT2D eigenvalue weighted by Gasteiger charge is 2.27. The van der Waals surface area contributed by atoms with Gasteiger partial charge in [-0.3, -0.25) is 4.57 Å². The van der Waals surface area contributed by atoms with Gasteiger partial charge in [0.25, 0.3) is 0 Å². The van der Waals surface area contributed by atoms with Crippen molar-refractivity contribution in [3.8, 4) is 0 Å². The van der Waals surface area contributed by atoms with Gasteiger partial charge in [-0.1, -0.05) is 6.07 Å². The van der Waals surface area contributed by atoms with Crippen molar-refractivity contribution in [3.63, 3.8) is 0 Å². The van der Waals surface area contributed by atoms with Crippen LogP contribution in [0.25, 0.3) is 11.0 Å². The minimum atomic E-state index is 0.0570. The highest BCUT2D eigenvalue weighted by molar-refractivity contribution is 5.76. The molecule has 1 aliphatic heterocycles. The van der Waals surface area contributed by atoms with Crippen LogP contribution in [-0.4, -0.2) is 22.6 Å². The van der Waals surface area contributed by atoms with Crippen molar-refractivity contribution in [2.45, 2.75) is 38.1 Å². The fourth-order valence-electron chi connectivity index (χ4n) is 3.42. The van der Waals surface area contributed by atoms with Crippen LogP contribution in [0, 0.1) is 5.92 Å². The van der Waals surface area contributed by atoms with Crippen LogP contribution < -0.4 is 11.0 Å². The fourth-order valence-corrected chi connectivity index (χ4v) is 3.42. The van der Waals surface area contributed by atoms with Gasteiger partial charge in [0, 0.05) is 6.04 Å². The number of imidazole rings is 1. The molecule has 106 valence electrons. The lowest BCUT2D eigenvalue weighted by molar-refractivity contribution is 0.373. The van der Waals surface area contributed by atoms with Crippen LogP contribution in [0.2, 0.25) is 0 Å². The maximum absolute atomic E-state index is 12.0. The highest BCUT2D eigenvalue weighted by Crippen LogP contribution is 2.35. The summed E-state index contributed by atoms with van der Waals surface area (Å²) in [6, 6.07) is 6.95. The van der Waals surface area contributed by atoms with Gasteiger partial charge in [-0.05, 0) is 68.8 Å². The Hall–Kier alpha value is -1.55. The van der Waals surface area contributed by atoms with Gasteiger partial charge in [0.1, 0.15) is 0 Å². The molecule has 20 heavy (non-hydrogen) atoms. The second-order valence-electron chi connectivity index (χ2n) is 6.28. The van der Waals surface area contributed by atoms with Gasteiger partial charge >= 0.3 is 5.69 Å². The fraction of sp³-hybridized carbons (Fsp3) is 0.562.